The molecule has 1 atom stereocenters. The molecular formula is C18H20FN3O4. The zero-order valence-corrected chi connectivity index (χ0v) is 14.2. The van der Waals surface area contributed by atoms with Crippen molar-refractivity contribution in [2.45, 2.75) is 24.9 Å². The van der Waals surface area contributed by atoms with Crippen molar-refractivity contribution >= 4 is 17.0 Å². The van der Waals surface area contributed by atoms with Gasteiger partial charge in [-0.15, -0.1) is 0 Å². The number of rotatable bonds is 3. The summed E-state index contributed by atoms with van der Waals surface area (Å²) in [5.41, 5.74) is 0.344. The minimum absolute atomic E-state index is 0.0349. The first-order chi connectivity index (χ1) is 12.5. The fourth-order valence-electron chi connectivity index (χ4n) is 3.92. The maximum atomic E-state index is 14.1. The van der Waals surface area contributed by atoms with Gasteiger partial charge in [-0.2, -0.15) is 0 Å². The molecule has 2 aliphatic heterocycles. The van der Waals surface area contributed by atoms with Gasteiger partial charge in [-0.3, -0.25) is 9.36 Å². The van der Waals surface area contributed by atoms with E-state index in [0.717, 1.165) is 31.3 Å². The van der Waals surface area contributed by atoms with Gasteiger partial charge in [-0.1, -0.05) is 0 Å². The highest BCUT2D eigenvalue weighted by molar-refractivity contribution is 5.85. The summed E-state index contributed by atoms with van der Waals surface area (Å²) in [5, 5.41) is 12.1. The molecule has 1 saturated heterocycles. The number of ether oxygens (including phenoxy) is 1. The molecular weight excluding hydrogens is 341 g/mol. The number of benzene rings is 1. The number of nitrogens with zero attached hydrogens (tertiary/aromatic N) is 2. The lowest BCUT2D eigenvalue weighted by atomic mass is 10.0. The topological polar surface area (TPSA) is 83.8 Å². The number of hydrogen-bond acceptors (Lipinski definition) is 4. The number of nitrogens with one attached hydrogen (secondary N) is 1. The summed E-state index contributed by atoms with van der Waals surface area (Å²) < 4.78 is 21.4. The lowest BCUT2D eigenvalue weighted by Crippen LogP contribution is -2.47. The van der Waals surface area contributed by atoms with Crippen LogP contribution in [0.5, 0.6) is 5.75 Å². The number of aromatic nitrogens is 1. The summed E-state index contributed by atoms with van der Waals surface area (Å²) in [6.07, 6.45) is 0.454. The largest absolute Gasteiger partial charge is 0.486 e. The van der Waals surface area contributed by atoms with Gasteiger partial charge in [0.05, 0.1) is 11.6 Å². The minimum Gasteiger partial charge on any atom is -0.486 e. The molecule has 1 amide bonds. The molecule has 1 aromatic heterocycles. The van der Waals surface area contributed by atoms with Crippen molar-refractivity contribution in [3.63, 3.8) is 0 Å². The molecule has 2 aliphatic rings. The van der Waals surface area contributed by atoms with Gasteiger partial charge in [-0.25, -0.2) is 9.18 Å². The molecule has 0 aliphatic carbocycles. The number of carboxylic acid groups (broad SMARTS) is 1. The highest BCUT2D eigenvalue weighted by Crippen LogP contribution is 2.33. The maximum Gasteiger partial charge on any atom is 0.404 e. The van der Waals surface area contributed by atoms with E-state index >= 15 is 0 Å². The molecule has 0 spiro atoms. The van der Waals surface area contributed by atoms with E-state index in [0.29, 0.717) is 12.1 Å². The lowest BCUT2D eigenvalue weighted by molar-refractivity contribution is 0.133. The Bertz CT molecular complexity index is 905. The number of piperidine rings is 1. The van der Waals surface area contributed by atoms with Crippen LogP contribution < -0.4 is 15.6 Å². The molecule has 0 unspecified atom stereocenters. The van der Waals surface area contributed by atoms with Gasteiger partial charge in [0, 0.05) is 37.1 Å². The van der Waals surface area contributed by atoms with Crippen LogP contribution >= 0.6 is 0 Å². The summed E-state index contributed by atoms with van der Waals surface area (Å²) >= 11 is 0. The van der Waals surface area contributed by atoms with Crippen molar-refractivity contribution in [3.8, 4) is 5.75 Å². The molecule has 1 aromatic carbocycles. The number of halogens is 1. The lowest BCUT2D eigenvalue weighted by Gasteiger charge is -2.36. The third-order valence-electron chi connectivity index (χ3n) is 5.17. The van der Waals surface area contributed by atoms with Crippen LogP contribution in [0.1, 0.15) is 18.9 Å². The van der Waals surface area contributed by atoms with Crippen LogP contribution in [0.15, 0.2) is 29.1 Å². The van der Waals surface area contributed by atoms with E-state index < -0.39 is 11.9 Å². The van der Waals surface area contributed by atoms with E-state index in [4.69, 9.17) is 9.84 Å². The molecule has 0 bridgehead atoms. The molecule has 0 radical (unpaired) electrons. The number of carbonyl (C=O) groups is 1. The predicted molar refractivity (Wildman–Crippen MR) is 93.3 cm³/mol. The van der Waals surface area contributed by atoms with Crippen molar-refractivity contribution in [2.75, 3.05) is 26.2 Å². The Labute approximate surface area is 149 Å². The maximum absolute atomic E-state index is 14.1. The molecule has 1 fully saturated rings. The zero-order chi connectivity index (χ0) is 18.3. The molecule has 138 valence electrons. The molecule has 8 heteroatoms. The average Bonchev–Trinajstić information content (AvgIpc) is 2.62. The first kappa shape index (κ1) is 16.8. The van der Waals surface area contributed by atoms with Gasteiger partial charge < -0.3 is 20.1 Å². The van der Waals surface area contributed by atoms with E-state index in [1.165, 1.54) is 12.1 Å². The molecule has 7 nitrogen and oxygen atoms in total. The number of likely N-dealkylation sites (tertiary alicyclic amines) is 1. The van der Waals surface area contributed by atoms with E-state index in [1.807, 2.05) is 0 Å². The highest BCUT2D eigenvalue weighted by atomic mass is 19.1. The van der Waals surface area contributed by atoms with Gasteiger partial charge in [0.1, 0.15) is 6.61 Å². The van der Waals surface area contributed by atoms with Crippen molar-refractivity contribution in [2.24, 2.45) is 0 Å². The Morgan fingerprint density at radius 2 is 2.00 bits per heavy atom. The van der Waals surface area contributed by atoms with Crippen molar-refractivity contribution in [1.29, 1.82) is 0 Å². The molecule has 4 rings (SSSR count). The first-order valence-corrected chi connectivity index (χ1v) is 8.71. The standard InChI is InChI=1S/C18H20FN3O4/c19-14-3-1-11-2-4-15(23)22-13(10-26-17(14)16(11)22)9-21-7-5-12(6-8-21)20-18(24)25/h1-4,12-13,20H,5-10H2,(H,24,25)/t13-/m1/s1. The van der Waals surface area contributed by atoms with Gasteiger partial charge in [0.15, 0.2) is 11.6 Å². The summed E-state index contributed by atoms with van der Waals surface area (Å²) in [5.74, 6) is -0.323. The van der Waals surface area contributed by atoms with Crippen LogP contribution in [0.4, 0.5) is 9.18 Å². The first-order valence-electron chi connectivity index (χ1n) is 8.71. The highest BCUT2D eigenvalue weighted by Gasteiger charge is 2.29. The molecule has 26 heavy (non-hydrogen) atoms. The second-order valence-corrected chi connectivity index (χ2v) is 6.85. The Morgan fingerprint density at radius 3 is 2.73 bits per heavy atom. The van der Waals surface area contributed by atoms with Gasteiger partial charge >= 0.3 is 6.09 Å². The van der Waals surface area contributed by atoms with E-state index in [-0.39, 0.29) is 30.0 Å². The normalized spacial score (nSPS) is 20.7. The quantitative estimate of drug-likeness (QED) is 0.871. The van der Waals surface area contributed by atoms with Crippen LogP contribution in [0, 0.1) is 5.82 Å². The Hall–Kier alpha value is -2.61. The molecule has 2 aromatic rings. The van der Waals surface area contributed by atoms with Crippen LogP contribution in [-0.2, 0) is 0 Å². The van der Waals surface area contributed by atoms with Crippen molar-refractivity contribution in [3.05, 3.63) is 40.4 Å². The van der Waals surface area contributed by atoms with Crippen molar-refractivity contribution in [1.82, 2.24) is 14.8 Å². The van der Waals surface area contributed by atoms with Crippen LogP contribution in [0.25, 0.3) is 10.9 Å². The fourth-order valence-corrected chi connectivity index (χ4v) is 3.92. The molecule has 0 saturated carbocycles. The number of hydrogen-bond donors (Lipinski definition) is 2. The third kappa shape index (κ3) is 3.01. The molecule has 3 heterocycles. The summed E-state index contributed by atoms with van der Waals surface area (Å²) in [6.45, 7) is 2.32. The van der Waals surface area contributed by atoms with Crippen LogP contribution in [0.3, 0.4) is 0 Å². The fraction of sp³-hybridized carbons (Fsp3) is 0.444. The Kier molecular flexibility index (Phi) is 4.28. The second-order valence-electron chi connectivity index (χ2n) is 6.85. The average molecular weight is 361 g/mol. The van der Waals surface area contributed by atoms with Gasteiger partial charge in [-0.05, 0) is 31.0 Å². The van der Waals surface area contributed by atoms with E-state index in [9.17, 15) is 14.0 Å². The second kappa shape index (κ2) is 6.60. The Morgan fingerprint density at radius 1 is 1.27 bits per heavy atom. The van der Waals surface area contributed by atoms with Crippen molar-refractivity contribution < 1.29 is 19.0 Å². The SMILES string of the molecule is O=C(O)NC1CCN(C[C@@H]2COc3c(F)ccc4ccc(=O)n2c34)CC1. The number of pyridine rings is 1. The summed E-state index contributed by atoms with van der Waals surface area (Å²) in [4.78, 5) is 25.4. The third-order valence-corrected chi connectivity index (χ3v) is 5.17. The van der Waals surface area contributed by atoms with Crippen LogP contribution in [-0.4, -0.2) is 52.9 Å². The monoisotopic (exact) mass is 361 g/mol. The van der Waals surface area contributed by atoms with Gasteiger partial charge in [0.25, 0.3) is 5.56 Å². The van der Waals surface area contributed by atoms with Gasteiger partial charge in [0.2, 0.25) is 0 Å². The summed E-state index contributed by atoms with van der Waals surface area (Å²) in [7, 11) is 0. The predicted octanol–water partition coefficient (Wildman–Crippen LogP) is 1.81. The zero-order valence-electron chi connectivity index (χ0n) is 14.2. The Balaban J connectivity index is 1.56. The van der Waals surface area contributed by atoms with Crippen LogP contribution in [0.2, 0.25) is 0 Å². The summed E-state index contributed by atoms with van der Waals surface area (Å²) in [6, 6.07) is 5.96. The number of amides is 1. The minimum atomic E-state index is -0.999. The molecule has 2 N–H and O–H groups in total. The van der Waals surface area contributed by atoms with E-state index in [1.54, 1.807) is 16.7 Å². The van der Waals surface area contributed by atoms with E-state index in [2.05, 4.69) is 10.2 Å². The smallest absolute Gasteiger partial charge is 0.404 e.